The van der Waals surface area contributed by atoms with Crippen LogP contribution in [0.3, 0.4) is 0 Å². The van der Waals surface area contributed by atoms with Crippen LogP contribution in [-0.4, -0.2) is 12.2 Å². The lowest BCUT2D eigenvalue weighted by atomic mass is 9.96. The van der Waals surface area contributed by atoms with E-state index in [1.54, 1.807) is 18.4 Å². The van der Waals surface area contributed by atoms with Gasteiger partial charge in [-0.05, 0) is 29.0 Å². The highest BCUT2D eigenvalue weighted by Crippen LogP contribution is 2.42. The second-order valence-electron chi connectivity index (χ2n) is 4.32. The number of hydrogen-bond donors (Lipinski definition) is 1. The Morgan fingerprint density at radius 3 is 3.00 bits per heavy atom. The van der Waals surface area contributed by atoms with Gasteiger partial charge >= 0.3 is 0 Å². The summed E-state index contributed by atoms with van der Waals surface area (Å²) in [5.41, 5.74) is 1.95. The van der Waals surface area contributed by atoms with Crippen LogP contribution in [0.4, 0.5) is 0 Å². The number of aliphatic hydroxyl groups is 1. The maximum absolute atomic E-state index is 10.2. The maximum Gasteiger partial charge on any atom is 0.129 e. The molecule has 1 aromatic heterocycles. The van der Waals surface area contributed by atoms with Gasteiger partial charge in [-0.2, -0.15) is 11.3 Å². The summed E-state index contributed by atoms with van der Waals surface area (Å²) in [4.78, 5) is 0. The third-order valence-corrected chi connectivity index (χ3v) is 3.90. The molecular weight excluding hydrogens is 248 g/mol. The summed E-state index contributed by atoms with van der Waals surface area (Å²) in [7, 11) is 1.62. The Hall–Kier alpha value is -1.52. The number of thiophene rings is 1. The van der Waals surface area contributed by atoms with Crippen LogP contribution in [0.15, 0.2) is 35.0 Å². The van der Waals surface area contributed by atoms with Crippen molar-refractivity contribution in [1.82, 2.24) is 0 Å². The Kier molecular flexibility index (Phi) is 2.97. The van der Waals surface area contributed by atoms with E-state index in [0.717, 1.165) is 16.9 Å². The Morgan fingerprint density at radius 2 is 2.28 bits per heavy atom. The second kappa shape index (κ2) is 4.63. The van der Waals surface area contributed by atoms with Gasteiger partial charge in [-0.3, -0.25) is 0 Å². The number of ether oxygens (including phenoxy) is 2. The summed E-state index contributed by atoms with van der Waals surface area (Å²) in [5.74, 6) is 1.45. The molecule has 0 fully saturated rings. The highest BCUT2D eigenvalue weighted by atomic mass is 32.1. The molecule has 4 heteroatoms. The van der Waals surface area contributed by atoms with Crippen molar-refractivity contribution in [2.45, 2.75) is 18.6 Å². The number of hydrogen-bond acceptors (Lipinski definition) is 4. The third kappa shape index (κ3) is 1.98. The van der Waals surface area contributed by atoms with E-state index in [2.05, 4.69) is 5.38 Å². The Bertz CT molecular complexity index is 536. The van der Waals surface area contributed by atoms with Gasteiger partial charge in [-0.25, -0.2) is 0 Å². The van der Waals surface area contributed by atoms with Gasteiger partial charge in [0.25, 0.3) is 0 Å². The van der Waals surface area contributed by atoms with Gasteiger partial charge < -0.3 is 14.6 Å². The molecule has 18 heavy (non-hydrogen) atoms. The molecule has 0 aliphatic carbocycles. The average Bonchev–Trinajstić information content (AvgIpc) is 2.91. The lowest BCUT2D eigenvalue weighted by Gasteiger charge is -2.29. The first-order valence-corrected chi connectivity index (χ1v) is 6.77. The second-order valence-corrected chi connectivity index (χ2v) is 5.10. The van der Waals surface area contributed by atoms with Gasteiger partial charge in [-0.1, -0.05) is 0 Å². The summed E-state index contributed by atoms with van der Waals surface area (Å²) >= 11 is 1.64. The van der Waals surface area contributed by atoms with Crippen molar-refractivity contribution in [3.8, 4) is 11.5 Å². The molecule has 0 saturated carbocycles. The molecule has 0 radical (unpaired) electrons. The molecule has 0 bridgehead atoms. The fraction of sp³-hybridized carbons (Fsp3) is 0.286. The van der Waals surface area contributed by atoms with E-state index in [1.165, 1.54) is 0 Å². The Morgan fingerprint density at radius 1 is 1.39 bits per heavy atom. The molecule has 2 aromatic rings. The number of benzene rings is 1. The summed E-state index contributed by atoms with van der Waals surface area (Å²) in [6, 6.07) is 7.57. The molecule has 0 spiro atoms. The van der Waals surface area contributed by atoms with Gasteiger partial charge in [0.15, 0.2) is 0 Å². The van der Waals surface area contributed by atoms with Gasteiger partial charge in [0, 0.05) is 23.6 Å². The van der Waals surface area contributed by atoms with E-state index >= 15 is 0 Å². The summed E-state index contributed by atoms with van der Waals surface area (Å²) in [6.45, 7) is 0. The molecule has 1 unspecified atom stereocenters. The molecule has 0 saturated heterocycles. The minimum absolute atomic E-state index is 0.0779. The first kappa shape index (κ1) is 11.6. The van der Waals surface area contributed by atoms with Crippen molar-refractivity contribution >= 4 is 11.3 Å². The van der Waals surface area contributed by atoms with Gasteiger partial charge in [0.05, 0.1) is 13.2 Å². The van der Waals surface area contributed by atoms with E-state index in [9.17, 15) is 5.11 Å². The van der Waals surface area contributed by atoms with Crippen LogP contribution < -0.4 is 9.47 Å². The fourth-order valence-electron chi connectivity index (χ4n) is 2.21. The largest absolute Gasteiger partial charge is 0.497 e. The van der Waals surface area contributed by atoms with Crippen LogP contribution in [-0.2, 0) is 0 Å². The number of aliphatic hydroxyl groups excluding tert-OH is 1. The van der Waals surface area contributed by atoms with Crippen LogP contribution in [0, 0.1) is 0 Å². The van der Waals surface area contributed by atoms with Crippen molar-refractivity contribution in [3.05, 3.63) is 46.2 Å². The topological polar surface area (TPSA) is 38.7 Å². The van der Waals surface area contributed by atoms with Crippen LogP contribution in [0.25, 0.3) is 0 Å². The van der Waals surface area contributed by atoms with Gasteiger partial charge in [-0.15, -0.1) is 0 Å². The van der Waals surface area contributed by atoms with Crippen LogP contribution in [0.1, 0.15) is 29.8 Å². The van der Waals surface area contributed by atoms with Crippen molar-refractivity contribution in [3.63, 3.8) is 0 Å². The molecule has 2 atom stereocenters. The molecule has 1 N–H and O–H groups in total. The number of rotatable bonds is 2. The van der Waals surface area contributed by atoms with Crippen LogP contribution in [0.2, 0.25) is 0 Å². The lowest BCUT2D eigenvalue weighted by Crippen LogP contribution is -2.18. The SMILES string of the molecule is COc1ccc2c(c1)OC(c1ccsc1)C[C@@H]2O. The Balaban J connectivity index is 1.95. The molecule has 3 nitrogen and oxygen atoms in total. The van der Waals surface area contributed by atoms with E-state index in [0.29, 0.717) is 12.2 Å². The van der Waals surface area contributed by atoms with Gasteiger partial charge in [0.2, 0.25) is 0 Å². The number of fused-ring (bicyclic) bond motifs is 1. The molecule has 1 aromatic carbocycles. The molecule has 1 aliphatic rings. The maximum atomic E-state index is 10.2. The third-order valence-electron chi connectivity index (χ3n) is 3.20. The molecule has 0 amide bonds. The lowest BCUT2D eigenvalue weighted by molar-refractivity contribution is 0.0657. The summed E-state index contributed by atoms with van der Waals surface area (Å²) in [5, 5.41) is 14.3. The predicted octanol–water partition coefficient (Wildman–Crippen LogP) is 3.31. The van der Waals surface area contributed by atoms with Crippen molar-refractivity contribution in [2.24, 2.45) is 0 Å². The quantitative estimate of drug-likeness (QED) is 0.902. The van der Waals surface area contributed by atoms with Crippen molar-refractivity contribution in [1.29, 1.82) is 0 Å². The Labute approximate surface area is 110 Å². The van der Waals surface area contributed by atoms with Gasteiger partial charge in [0.1, 0.15) is 17.6 Å². The summed E-state index contributed by atoms with van der Waals surface area (Å²) < 4.78 is 11.1. The molecule has 94 valence electrons. The van der Waals surface area contributed by atoms with E-state index in [1.807, 2.05) is 29.6 Å². The first-order valence-electron chi connectivity index (χ1n) is 5.82. The van der Waals surface area contributed by atoms with Crippen LogP contribution >= 0.6 is 11.3 Å². The van der Waals surface area contributed by atoms with E-state index in [-0.39, 0.29) is 6.10 Å². The molecule has 1 aliphatic heterocycles. The smallest absolute Gasteiger partial charge is 0.129 e. The zero-order valence-electron chi connectivity index (χ0n) is 10.00. The van der Waals surface area contributed by atoms with E-state index in [4.69, 9.17) is 9.47 Å². The minimum Gasteiger partial charge on any atom is -0.497 e. The monoisotopic (exact) mass is 262 g/mol. The van der Waals surface area contributed by atoms with Crippen molar-refractivity contribution < 1.29 is 14.6 Å². The zero-order valence-corrected chi connectivity index (χ0v) is 10.8. The summed E-state index contributed by atoms with van der Waals surface area (Å²) in [6.07, 6.45) is 0.0335. The highest BCUT2D eigenvalue weighted by Gasteiger charge is 2.28. The van der Waals surface area contributed by atoms with E-state index < -0.39 is 6.10 Å². The predicted molar refractivity (Wildman–Crippen MR) is 70.3 cm³/mol. The zero-order chi connectivity index (χ0) is 12.5. The highest BCUT2D eigenvalue weighted by molar-refractivity contribution is 7.07. The molecular formula is C14H14O3S. The molecule has 2 heterocycles. The normalized spacial score (nSPS) is 22.1. The van der Waals surface area contributed by atoms with Crippen molar-refractivity contribution in [2.75, 3.05) is 7.11 Å². The standard InChI is InChI=1S/C14H14O3S/c1-16-10-2-3-11-12(15)7-13(17-14(11)6-10)9-4-5-18-8-9/h2-6,8,12-13,15H,7H2,1H3/t12-,13?/m0/s1. The number of methoxy groups -OCH3 is 1. The average molecular weight is 262 g/mol. The minimum atomic E-state index is -0.482. The van der Waals surface area contributed by atoms with Crippen LogP contribution in [0.5, 0.6) is 11.5 Å². The molecule has 3 rings (SSSR count). The first-order chi connectivity index (χ1) is 8.78. The fourth-order valence-corrected chi connectivity index (χ4v) is 2.91.